The van der Waals surface area contributed by atoms with Crippen LogP contribution in [0.2, 0.25) is 15.1 Å². The molecule has 0 spiro atoms. The van der Waals surface area contributed by atoms with Gasteiger partial charge in [0.25, 0.3) is 0 Å². The minimum Gasteiger partial charge on any atom is -0.355 e. The lowest BCUT2D eigenvalue weighted by molar-refractivity contribution is -0.140. The minimum atomic E-state index is -3.87. The fourth-order valence-electron chi connectivity index (χ4n) is 3.92. The molecule has 0 bridgehead atoms. The van der Waals surface area contributed by atoms with Gasteiger partial charge in [0.2, 0.25) is 21.8 Å². The van der Waals surface area contributed by atoms with Crippen LogP contribution in [0.15, 0.2) is 72.8 Å². The van der Waals surface area contributed by atoms with Crippen LogP contribution >= 0.6 is 34.8 Å². The summed E-state index contributed by atoms with van der Waals surface area (Å²) in [7, 11) is -3.87. The van der Waals surface area contributed by atoms with E-state index in [9.17, 15) is 18.0 Å². The molecule has 1 N–H and O–H groups in total. The third kappa shape index (κ3) is 7.86. The Kier molecular flexibility index (Phi) is 10.4. The van der Waals surface area contributed by atoms with Crippen LogP contribution in [0.1, 0.15) is 18.1 Å². The predicted octanol–water partition coefficient (Wildman–Crippen LogP) is 5.19. The first kappa shape index (κ1) is 29.8. The Bertz CT molecular complexity index is 1350. The van der Waals surface area contributed by atoms with Crippen molar-refractivity contribution in [2.24, 2.45) is 0 Å². The highest BCUT2D eigenvalue weighted by molar-refractivity contribution is 7.92. The second kappa shape index (κ2) is 13.3. The largest absolute Gasteiger partial charge is 0.355 e. The van der Waals surface area contributed by atoms with Crippen LogP contribution in [-0.2, 0) is 32.6 Å². The van der Waals surface area contributed by atoms with Crippen LogP contribution in [0, 0.1) is 0 Å². The lowest BCUT2D eigenvalue weighted by Crippen LogP contribution is -2.53. The molecule has 3 aromatic carbocycles. The Balaban J connectivity index is 2.08. The van der Waals surface area contributed by atoms with Crippen LogP contribution in [0.4, 0.5) is 5.69 Å². The fraction of sp³-hybridized carbons (Fsp3) is 0.259. The maximum atomic E-state index is 13.9. The van der Waals surface area contributed by atoms with E-state index in [0.29, 0.717) is 27.2 Å². The summed E-state index contributed by atoms with van der Waals surface area (Å²) in [5.74, 6) is -0.987. The molecular weight excluding hydrogens is 569 g/mol. The van der Waals surface area contributed by atoms with E-state index in [1.807, 2.05) is 30.3 Å². The molecular formula is C27H28Cl3N3O4S. The Morgan fingerprint density at radius 2 is 1.50 bits per heavy atom. The summed E-state index contributed by atoms with van der Waals surface area (Å²) >= 11 is 18.8. The second-order valence-electron chi connectivity index (χ2n) is 8.57. The molecule has 2 amide bonds. The van der Waals surface area contributed by atoms with Crippen molar-refractivity contribution in [2.75, 3.05) is 23.7 Å². The van der Waals surface area contributed by atoms with E-state index in [4.69, 9.17) is 34.8 Å². The molecule has 0 aliphatic heterocycles. The van der Waals surface area contributed by atoms with Gasteiger partial charge in [-0.3, -0.25) is 13.9 Å². The van der Waals surface area contributed by atoms with E-state index in [-0.39, 0.29) is 24.6 Å². The van der Waals surface area contributed by atoms with Crippen molar-refractivity contribution in [3.05, 3.63) is 99.0 Å². The van der Waals surface area contributed by atoms with E-state index in [0.717, 1.165) is 16.1 Å². The predicted molar refractivity (Wildman–Crippen MR) is 153 cm³/mol. The molecule has 38 heavy (non-hydrogen) atoms. The van der Waals surface area contributed by atoms with Gasteiger partial charge in [0.1, 0.15) is 12.6 Å². The van der Waals surface area contributed by atoms with E-state index in [2.05, 4.69) is 5.32 Å². The number of rotatable bonds is 11. The number of halogens is 3. The van der Waals surface area contributed by atoms with Crippen molar-refractivity contribution >= 4 is 62.3 Å². The Hall–Kier alpha value is -2.78. The molecule has 0 saturated heterocycles. The molecule has 202 valence electrons. The normalized spacial score (nSPS) is 12.0. The number of hydrogen-bond donors (Lipinski definition) is 1. The van der Waals surface area contributed by atoms with Crippen molar-refractivity contribution in [1.29, 1.82) is 0 Å². The van der Waals surface area contributed by atoms with Crippen LogP contribution in [0.3, 0.4) is 0 Å². The summed E-state index contributed by atoms with van der Waals surface area (Å²) in [6.07, 6.45) is 1.20. The van der Waals surface area contributed by atoms with Crippen LogP contribution in [-0.4, -0.2) is 50.5 Å². The SMILES string of the molecule is CCNC(=O)[C@@H](Cc1ccccc1)N(Cc1c(Cl)cccc1Cl)C(=O)CN(c1ccc(Cl)cc1)S(C)(=O)=O. The van der Waals surface area contributed by atoms with Gasteiger partial charge in [0.15, 0.2) is 0 Å². The molecule has 0 saturated carbocycles. The standard InChI is InChI=1S/C27H28Cl3N3O4S/c1-3-31-27(35)25(16-19-8-5-4-6-9-19)32(17-22-23(29)10-7-11-24(22)30)26(34)18-33(38(2,36)37)21-14-12-20(28)13-15-21/h4-15,25H,3,16-18H2,1-2H3,(H,31,35)/t25-/m1/s1. The summed E-state index contributed by atoms with van der Waals surface area (Å²) in [4.78, 5) is 28.6. The van der Waals surface area contributed by atoms with Gasteiger partial charge in [-0.2, -0.15) is 0 Å². The maximum Gasteiger partial charge on any atom is 0.244 e. The molecule has 3 aromatic rings. The number of likely N-dealkylation sites (N-methyl/N-ethyl adjacent to an activating group) is 1. The number of hydrogen-bond acceptors (Lipinski definition) is 4. The number of sulfonamides is 1. The summed E-state index contributed by atoms with van der Waals surface area (Å²) in [6.45, 7) is 1.47. The first-order valence-corrected chi connectivity index (χ1v) is 14.8. The third-order valence-corrected chi connectivity index (χ3v) is 7.91. The van der Waals surface area contributed by atoms with Gasteiger partial charge in [-0.05, 0) is 48.9 Å². The first-order valence-electron chi connectivity index (χ1n) is 11.8. The van der Waals surface area contributed by atoms with Crippen molar-refractivity contribution in [1.82, 2.24) is 10.2 Å². The average molecular weight is 597 g/mol. The van der Waals surface area contributed by atoms with Crippen LogP contribution in [0.5, 0.6) is 0 Å². The zero-order chi connectivity index (χ0) is 27.9. The van der Waals surface area contributed by atoms with Crippen molar-refractivity contribution in [3.63, 3.8) is 0 Å². The van der Waals surface area contributed by atoms with Crippen molar-refractivity contribution in [2.45, 2.75) is 25.9 Å². The molecule has 0 unspecified atom stereocenters. The zero-order valence-corrected chi connectivity index (χ0v) is 24.0. The van der Waals surface area contributed by atoms with Gasteiger partial charge in [-0.25, -0.2) is 8.42 Å². The Morgan fingerprint density at radius 3 is 2.05 bits per heavy atom. The number of nitrogens with zero attached hydrogens (tertiary/aromatic N) is 2. The van der Waals surface area contributed by atoms with Gasteiger partial charge < -0.3 is 10.2 Å². The highest BCUT2D eigenvalue weighted by Crippen LogP contribution is 2.28. The lowest BCUT2D eigenvalue weighted by Gasteiger charge is -2.33. The van der Waals surface area contributed by atoms with Gasteiger partial charge in [0, 0.05) is 40.1 Å². The number of anilines is 1. The monoisotopic (exact) mass is 595 g/mol. The quantitative estimate of drug-likeness (QED) is 0.330. The topological polar surface area (TPSA) is 86.8 Å². The molecule has 0 aromatic heterocycles. The molecule has 7 nitrogen and oxygen atoms in total. The average Bonchev–Trinajstić information content (AvgIpc) is 2.87. The molecule has 0 fully saturated rings. The second-order valence-corrected chi connectivity index (χ2v) is 11.7. The summed E-state index contributed by atoms with van der Waals surface area (Å²) < 4.78 is 26.5. The van der Waals surface area contributed by atoms with Gasteiger partial charge in [-0.1, -0.05) is 71.2 Å². The Morgan fingerprint density at radius 1 is 0.895 bits per heavy atom. The minimum absolute atomic E-state index is 0.107. The van der Waals surface area contributed by atoms with E-state index in [1.165, 1.54) is 29.2 Å². The summed E-state index contributed by atoms with van der Waals surface area (Å²) in [5.41, 5.74) is 1.53. The van der Waals surface area contributed by atoms with Crippen LogP contribution < -0.4 is 9.62 Å². The molecule has 0 radical (unpaired) electrons. The van der Waals surface area contributed by atoms with Crippen molar-refractivity contribution < 1.29 is 18.0 Å². The fourth-order valence-corrected chi connectivity index (χ4v) is 5.41. The molecule has 1 atom stereocenters. The van der Waals surface area contributed by atoms with Crippen LogP contribution in [0.25, 0.3) is 0 Å². The third-order valence-electron chi connectivity index (χ3n) is 5.81. The molecule has 0 aliphatic rings. The highest BCUT2D eigenvalue weighted by atomic mass is 35.5. The molecule has 3 rings (SSSR count). The Labute approximate surface area is 238 Å². The van der Waals surface area contributed by atoms with Gasteiger partial charge in [-0.15, -0.1) is 0 Å². The molecule has 11 heteroatoms. The number of carbonyl (C=O) groups is 2. The maximum absolute atomic E-state index is 13.9. The lowest BCUT2D eigenvalue weighted by atomic mass is 10.0. The van der Waals surface area contributed by atoms with Gasteiger partial charge in [0.05, 0.1) is 11.9 Å². The number of amides is 2. The van der Waals surface area contributed by atoms with E-state index < -0.39 is 28.5 Å². The first-order chi connectivity index (χ1) is 18.0. The number of benzene rings is 3. The smallest absolute Gasteiger partial charge is 0.244 e. The summed E-state index contributed by atoms with van der Waals surface area (Å²) in [5, 5.41) is 3.85. The van der Waals surface area contributed by atoms with E-state index in [1.54, 1.807) is 25.1 Å². The highest BCUT2D eigenvalue weighted by Gasteiger charge is 2.33. The number of carbonyl (C=O) groups excluding carboxylic acids is 2. The molecule has 0 heterocycles. The van der Waals surface area contributed by atoms with Gasteiger partial charge >= 0.3 is 0 Å². The molecule has 0 aliphatic carbocycles. The summed E-state index contributed by atoms with van der Waals surface area (Å²) in [6, 6.07) is 19.3. The van der Waals surface area contributed by atoms with Crippen molar-refractivity contribution in [3.8, 4) is 0 Å². The zero-order valence-electron chi connectivity index (χ0n) is 20.9. The van der Waals surface area contributed by atoms with E-state index >= 15 is 0 Å². The number of nitrogens with one attached hydrogen (secondary N) is 1.